The number of aryl methyl sites for hydroxylation is 2. The Morgan fingerprint density at radius 2 is 2.17 bits per heavy atom. The fourth-order valence-corrected chi connectivity index (χ4v) is 4.31. The van der Waals surface area contributed by atoms with Crippen LogP contribution < -0.4 is 15.0 Å². The summed E-state index contributed by atoms with van der Waals surface area (Å²) in [7, 11) is 0. The van der Waals surface area contributed by atoms with Crippen molar-refractivity contribution in [2.24, 2.45) is 0 Å². The number of aromatic nitrogens is 3. The second-order valence-corrected chi connectivity index (χ2v) is 8.21. The number of fused-ring (bicyclic) bond motifs is 1. The Bertz CT molecular complexity index is 1040. The molecule has 2 aromatic heterocycles. The molecular formula is C21H25N5O2S. The number of hydrogen-bond donors (Lipinski definition) is 1. The molecule has 0 aliphatic carbocycles. The van der Waals surface area contributed by atoms with Crippen molar-refractivity contribution in [3.8, 4) is 5.75 Å². The van der Waals surface area contributed by atoms with Crippen LogP contribution in [-0.4, -0.2) is 40.1 Å². The van der Waals surface area contributed by atoms with E-state index < -0.39 is 0 Å². The molecule has 4 rings (SSSR count). The first-order valence-corrected chi connectivity index (χ1v) is 10.8. The van der Waals surface area contributed by atoms with Gasteiger partial charge in [0, 0.05) is 17.3 Å². The highest BCUT2D eigenvalue weighted by atomic mass is 32.1. The maximum atomic E-state index is 12.8. The summed E-state index contributed by atoms with van der Waals surface area (Å²) in [4.78, 5) is 28.7. The molecule has 3 aromatic rings. The van der Waals surface area contributed by atoms with Gasteiger partial charge in [-0.15, -0.1) is 11.3 Å². The van der Waals surface area contributed by atoms with Gasteiger partial charge in [0.2, 0.25) is 11.9 Å². The quantitative estimate of drug-likeness (QED) is 0.670. The van der Waals surface area contributed by atoms with Crippen molar-refractivity contribution in [1.82, 2.24) is 20.3 Å². The molecule has 0 radical (unpaired) electrons. The van der Waals surface area contributed by atoms with Gasteiger partial charge in [0.15, 0.2) is 0 Å². The third-order valence-corrected chi connectivity index (χ3v) is 5.90. The molecular weight excluding hydrogens is 386 g/mol. The van der Waals surface area contributed by atoms with Gasteiger partial charge in [-0.1, -0.05) is 0 Å². The molecule has 1 N–H and O–H groups in total. The number of carbonyl (C=O) groups excluding carboxylic acids is 1. The monoisotopic (exact) mass is 411 g/mol. The lowest BCUT2D eigenvalue weighted by Crippen LogP contribution is -2.43. The van der Waals surface area contributed by atoms with Gasteiger partial charge in [0.25, 0.3) is 0 Å². The first-order valence-electron chi connectivity index (χ1n) is 9.91. The molecule has 1 amide bonds. The number of anilines is 1. The third kappa shape index (κ3) is 4.17. The summed E-state index contributed by atoms with van der Waals surface area (Å²) >= 11 is 1.59. The van der Waals surface area contributed by atoms with Crippen LogP contribution in [0.5, 0.6) is 5.75 Å². The Morgan fingerprint density at radius 1 is 1.31 bits per heavy atom. The van der Waals surface area contributed by atoms with Crippen LogP contribution in [0.2, 0.25) is 0 Å². The minimum Gasteiger partial charge on any atom is -0.494 e. The van der Waals surface area contributed by atoms with Gasteiger partial charge in [-0.25, -0.2) is 15.0 Å². The number of rotatable bonds is 6. The topological polar surface area (TPSA) is 80.2 Å². The lowest BCUT2D eigenvalue weighted by molar-refractivity contribution is -0.122. The van der Waals surface area contributed by atoms with Crippen molar-refractivity contribution in [3.05, 3.63) is 40.0 Å². The van der Waals surface area contributed by atoms with Crippen molar-refractivity contribution in [3.63, 3.8) is 0 Å². The molecule has 0 spiro atoms. The number of thiazole rings is 1. The predicted octanol–water partition coefficient (Wildman–Crippen LogP) is 3.39. The molecule has 29 heavy (non-hydrogen) atoms. The summed E-state index contributed by atoms with van der Waals surface area (Å²) in [6.07, 6.45) is 1.74. The van der Waals surface area contributed by atoms with Gasteiger partial charge in [-0.2, -0.15) is 0 Å². The van der Waals surface area contributed by atoms with E-state index in [2.05, 4.69) is 10.3 Å². The smallest absolute Gasteiger partial charge is 0.243 e. The zero-order chi connectivity index (χ0) is 20.4. The zero-order valence-electron chi connectivity index (χ0n) is 16.9. The average Bonchev–Trinajstić information content (AvgIpc) is 3.36. The number of benzene rings is 1. The highest BCUT2D eigenvalue weighted by Gasteiger charge is 2.32. The number of ether oxygens (including phenoxy) is 1. The van der Waals surface area contributed by atoms with Crippen molar-refractivity contribution in [1.29, 1.82) is 0 Å². The van der Waals surface area contributed by atoms with Crippen molar-refractivity contribution < 1.29 is 9.53 Å². The van der Waals surface area contributed by atoms with Crippen LogP contribution in [0.3, 0.4) is 0 Å². The highest BCUT2D eigenvalue weighted by molar-refractivity contribution is 7.09. The molecule has 1 unspecified atom stereocenters. The van der Waals surface area contributed by atoms with E-state index in [1.807, 2.05) is 49.3 Å². The largest absolute Gasteiger partial charge is 0.494 e. The molecule has 0 bridgehead atoms. The normalized spacial score (nSPS) is 16.4. The summed E-state index contributed by atoms with van der Waals surface area (Å²) in [6.45, 7) is 7.74. The second-order valence-electron chi connectivity index (χ2n) is 7.15. The summed E-state index contributed by atoms with van der Waals surface area (Å²) < 4.78 is 5.59. The number of nitrogens with one attached hydrogen (secondary N) is 1. The summed E-state index contributed by atoms with van der Waals surface area (Å²) in [5.41, 5.74) is 2.64. The van der Waals surface area contributed by atoms with E-state index >= 15 is 0 Å². The average molecular weight is 412 g/mol. The fraction of sp³-hybridized carbons (Fsp3) is 0.429. The van der Waals surface area contributed by atoms with E-state index in [0.717, 1.165) is 52.4 Å². The van der Waals surface area contributed by atoms with E-state index in [1.165, 1.54) is 0 Å². The van der Waals surface area contributed by atoms with Crippen LogP contribution >= 0.6 is 11.3 Å². The van der Waals surface area contributed by atoms with Gasteiger partial charge in [-0.05, 0) is 51.8 Å². The van der Waals surface area contributed by atoms with E-state index in [-0.39, 0.29) is 11.9 Å². The van der Waals surface area contributed by atoms with Gasteiger partial charge < -0.3 is 15.0 Å². The van der Waals surface area contributed by atoms with Crippen molar-refractivity contribution >= 4 is 34.1 Å². The molecule has 0 saturated carbocycles. The third-order valence-electron chi connectivity index (χ3n) is 5.08. The Morgan fingerprint density at radius 3 is 2.93 bits per heavy atom. The summed E-state index contributed by atoms with van der Waals surface area (Å²) in [5.74, 6) is 1.43. The SMILES string of the molecule is CCOc1ccc2nc(N3CCCC3C(=O)NCc3csc(C)n3)nc(C)c2c1. The van der Waals surface area contributed by atoms with E-state index in [1.54, 1.807) is 11.3 Å². The van der Waals surface area contributed by atoms with Crippen LogP contribution in [0, 0.1) is 13.8 Å². The number of carbonyl (C=O) groups is 1. The molecule has 1 aromatic carbocycles. The zero-order valence-corrected chi connectivity index (χ0v) is 17.8. The van der Waals surface area contributed by atoms with Crippen LogP contribution in [0.25, 0.3) is 10.9 Å². The molecule has 1 aliphatic heterocycles. The molecule has 152 valence electrons. The van der Waals surface area contributed by atoms with Crippen LogP contribution in [0.4, 0.5) is 5.95 Å². The Labute approximate surface area is 174 Å². The molecule has 3 heterocycles. The Kier molecular flexibility index (Phi) is 5.62. The van der Waals surface area contributed by atoms with E-state index in [4.69, 9.17) is 14.7 Å². The Balaban J connectivity index is 1.53. The molecule has 1 aliphatic rings. The molecule has 7 nitrogen and oxygen atoms in total. The summed E-state index contributed by atoms with van der Waals surface area (Å²) in [5, 5.41) is 6.97. The molecule has 1 fully saturated rings. The Hall–Kier alpha value is -2.74. The first-order chi connectivity index (χ1) is 14.0. The van der Waals surface area contributed by atoms with Gasteiger partial charge >= 0.3 is 0 Å². The molecule has 8 heteroatoms. The standard InChI is InChI=1S/C21H25N5O2S/c1-4-28-16-7-8-18-17(10-16)13(2)23-21(25-18)26-9-5-6-19(26)20(27)22-11-15-12-29-14(3)24-15/h7-8,10,12,19H,4-6,9,11H2,1-3H3,(H,22,27). The number of nitrogens with zero attached hydrogens (tertiary/aromatic N) is 4. The van der Waals surface area contributed by atoms with Gasteiger partial charge in [-0.3, -0.25) is 4.79 Å². The maximum absolute atomic E-state index is 12.8. The fourth-order valence-electron chi connectivity index (χ4n) is 3.69. The van der Waals surface area contributed by atoms with E-state index in [0.29, 0.717) is 19.1 Å². The van der Waals surface area contributed by atoms with Crippen molar-refractivity contribution in [2.75, 3.05) is 18.1 Å². The minimum absolute atomic E-state index is 0.00111. The van der Waals surface area contributed by atoms with Gasteiger partial charge in [0.05, 0.1) is 35.1 Å². The lowest BCUT2D eigenvalue weighted by atomic mass is 10.2. The minimum atomic E-state index is -0.255. The predicted molar refractivity (Wildman–Crippen MR) is 115 cm³/mol. The molecule has 1 atom stereocenters. The lowest BCUT2D eigenvalue weighted by Gasteiger charge is -2.24. The van der Waals surface area contributed by atoms with Crippen LogP contribution in [0.1, 0.15) is 36.2 Å². The van der Waals surface area contributed by atoms with Crippen LogP contribution in [0.15, 0.2) is 23.6 Å². The van der Waals surface area contributed by atoms with Crippen molar-refractivity contribution in [2.45, 2.75) is 46.2 Å². The van der Waals surface area contributed by atoms with Gasteiger partial charge in [0.1, 0.15) is 11.8 Å². The van der Waals surface area contributed by atoms with Crippen LogP contribution in [-0.2, 0) is 11.3 Å². The number of hydrogen-bond acceptors (Lipinski definition) is 7. The highest BCUT2D eigenvalue weighted by Crippen LogP contribution is 2.28. The molecule has 1 saturated heterocycles. The summed E-state index contributed by atoms with van der Waals surface area (Å²) in [6, 6.07) is 5.59. The second kappa shape index (κ2) is 8.32. The maximum Gasteiger partial charge on any atom is 0.243 e. The van der Waals surface area contributed by atoms with E-state index in [9.17, 15) is 4.79 Å². The number of amides is 1. The first kappa shape index (κ1) is 19.6.